The molecule has 1 aliphatic heterocycles. The summed E-state index contributed by atoms with van der Waals surface area (Å²) in [5.74, 6) is 1.94. The summed E-state index contributed by atoms with van der Waals surface area (Å²) in [5.41, 5.74) is 1.13. The van der Waals surface area contributed by atoms with Gasteiger partial charge in [-0.25, -0.2) is 0 Å². The Morgan fingerprint density at radius 1 is 1.08 bits per heavy atom. The first-order valence-electron chi connectivity index (χ1n) is 8.00. The standard InChI is InChI=1S/C19H21NO4/c1-13-18(24-17-6-4-3-5-16(17)23-13)19(21)20-12-11-14-7-9-15(22-2)10-8-14/h3-10,13,18H,11-12H2,1-2H3,(H,20,21). The quantitative estimate of drug-likeness (QED) is 0.917. The fraction of sp³-hybridized carbons (Fsp3) is 0.316. The number of hydrogen-bond acceptors (Lipinski definition) is 4. The fourth-order valence-corrected chi connectivity index (χ4v) is 2.63. The molecule has 0 bridgehead atoms. The molecule has 0 saturated carbocycles. The highest BCUT2D eigenvalue weighted by molar-refractivity contribution is 5.82. The van der Waals surface area contributed by atoms with Crippen LogP contribution in [0.5, 0.6) is 17.2 Å². The zero-order chi connectivity index (χ0) is 16.9. The van der Waals surface area contributed by atoms with E-state index < -0.39 is 6.10 Å². The lowest BCUT2D eigenvalue weighted by Gasteiger charge is -2.31. The third kappa shape index (κ3) is 3.62. The van der Waals surface area contributed by atoms with Crippen LogP contribution < -0.4 is 19.5 Å². The number of hydrogen-bond donors (Lipinski definition) is 1. The van der Waals surface area contributed by atoms with Gasteiger partial charge in [0.2, 0.25) is 6.10 Å². The molecule has 1 amide bonds. The molecule has 3 rings (SSSR count). The molecule has 5 nitrogen and oxygen atoms in total. The topological polar surface area (TPSA) is 56.8 Å². The second-order valence-corrected chi connectivity index (χ2v) is 5.70. The van der Waals surface area contributed by atoms with E-state index in [-0.39, 0.29) is 12.0 Å². The Kier molecular flexibility index (Phi) is 4.89. The van der Waals surface area contributed by atoms with Crippen molar-refractivity contribution in [3.05, 3.63) is 54.1 Å². The van der Waals surface area contributed by atoms with Crippen molar-refractivity contribution < 1.29 is 19.0 Å². The predicted octanol–water partition coefficient (Wildman–Crippen LogP) is 2.58. The number of carbonyl (C=O) groups excluding carboxylic acids is 1. The molecule has 2 unspecified atom stereocenters. The summed E-state index contributed by atoms with van der Waals surface area (Å²) < 4.78 is 16.7. The van der Waals surface area contributed by atoms with Crippen LogP contribution in [0.1, 0.15) is 12.5 Å². The van der Waals surface area contributed by atoms with E-state index in [2.05, 4.69) is 5.32 Å². The maximum atomic E-state index is 12.4. The van der Waals surface area contributed by atoms with E-state index in [1.807, 2.05) is 49.4 Å². The van der Waals surface area contributed by atoms with Crippen LogP contribution in [0.15, 0.2) is 48.5 Å². The Morgan fingerprint density at radius 3 is 2.42 bits per heavy atom. The molecule has 126 valence electrons. The summed E-state index contributed by atoms with van der Waals surface area (Å²) in [4.78, 5) is 12.4. The Bertz CT molecular complexity index is 699. The molecule has 0 radical (unpaired) electrons. The molecule has 0 aromatic heterocycles. The van der Waals surface area contributed by atoms with E-state index >= 15 is 0 Å². The van der Waals surface area contributed by atoms with E-state index in [1.165, 1.54) is 0 Å². The van der Waals surface area contributed by atoms with Crippen LogP contribution >= 0.6 is 0 Å². The van der Waals surface area contributed by atoms with E-state index in [1.54, 1.807) is 13.2 Å². The van der Waals surface area contributed by atoms with E-state index in [0.29, 0.717) is 18.0 Å². The molecule has 0 spiro atoms. The molecule has 1 aliphatic rings. The summed E-state index contributed by atoms with van der Waals surface area (Å²) in [6.45, 7) is 2.38. The first-order chi connectivity index (χ1) is 11.7. The summed E-state index contributed by atoms with van der Waals surface area (Å²) >= 11 is 0. The molecular formula is C19H21NO4. The minimum Gasteiger partial charge on any atom is -0.497 e. The smallest absolute Gasteiger partial charge is 0.265 e. The predicted molar refractivity (Wildman–Crippen MR) is 90.7 cm³/mol. The monoisotopic (exact) mass is 327 g/mol. The lowest BCUT2D eigenvalue weighted by atomic mass is 10.1. The van der Waals surface area contributed by atoms with Gasteiger partial charge in [-0.15, -0.1) is 0 Å². The van der Waals surface area contributed by atoms with Gasteiger partial charge < -0.3 is 19.5 Å². The summed E-state index contributed by atoms with van der Waals surface area (Å²) in [5, 5.41) is 2.92. The summed E-state index contributed by atoms with van der Waals surface area (Å²) in [6.07, 6.45) is -0.231. The van der Waals surface area contributed by atoms with Crippen LogP contribution in [0.4, 0.5) is 0 Å². The second-order valence-electron chi connectivity index (χ2n) is 5.70. The lowest BCUT2D eigenvalue weighted by molar-refractivity contribution is -0.133. The van der Waals surface area contributed by atoms with Crippen molar-refractivity contribution in [3.8, 4) is 17.2 Å². The van der Waals surface area contributed by atoms with E-state index in [9.17, 15) is 4.79 Å². The van der Waals surface area contributed by atoms with Crippen LogP contribution in [0.25, 0.3) is 0 Å². The Morgan fingerprint density at radius 2 is 1.75 bits per heavy atom. The molecule has 2 aromatic rings. The number of benzene rings is 2. The minimum atomic E-state index is -0.643. The molecular weight excluding hydrogens is 306 g/mol. The maximum Gasteiger partial charge on any atom is 0.265 e. The third-order valence-corrected chi connectivity index (χ3v) is 3.97. The largest absolute Gasteiger partial charge is 0.497 e. The van der Waals surface area contributed by atoms with Crippen LogP contribution in [0, 0.1) is 0 Å². The van der Waals surface area contributed by atoms with Crippen molar-refractivity contribution in [3.63, 3.8) is 0 Å². The van der Waals surface area contributed by atoms with E-state index in [4.69, 9.17) is 14.2 Å². The Hall–Kier alpha value is -2.69. The number of para-hydroxylation sites is 2. The van der Waals surface area contributed by atoms with Gasteiger partial charge in [-0.1, -0.05) is 24.3 Å². The second kappa shape index (κ2) is 7.25. The molecule has 0 fully saturated rings. The van der Waals surface area contributed by atoms with Gasteiger partial charge in [-0.2, -0.15) is 0 Å². The molecule has 24 heavy (non-hydrogen) atoms. The highest BCUT2D eigenvalue weighted by Gasteiger charge is 2.33. The molecule has 5 heteroatoms. The number of amides is 1. The van der Waals surface area contributed by atoms with Gasteiger partial charge in [0.1, 0.15) is 11.9 Å². The van der Waals surface area contributed by atoms with Gasteiger partial charge in [-0.3, -0.25) is 4.79 Å². The van der Waals surface area contributed by atoms with Crippen molar-refractivity contribution in [1.29, 1.82) is 0 Å². The van der Waals surface area contributed by atoms with Crippen LogP contribution in [-0.2, 0) is 11.2 Å². The van der Waals surface area contributed by atoms with Crippen molar-refractivity contribution in [2.75, 3.05) is 13.7 Å². The van der Waals surface area contributed by atoms with Crippen molar-refractivity contribution in [2.24, 2.45) is 0 Å². The third-order valence-electron chi connectivity index (χ3n) is 3.97. The van der Waals surface area contributed by atoms with Gasteiger partial charge in [0.15, 0.2) is 11.5 Å². The number of ether oxygens (including phenoxy) is 3. The molecule has 2 atom stereocenters. The summed E-state index contributed by atoms with van der Waals surface area (Å²) in [7, 11) is 1.64. The van der Waals surface area contributed by atoms with Crippen molar-refractivity contribution in [2.45, 2.75) is 25.6 Å². The van der Waals surface area contributed by atoms with Gasteiger partial charge >= 0.3 is 0 Å². The zero-order valence-electron chi connectivity index (χ0n) is 13.8. The van der Waals surface area contributed by atoms with Gasteiger partial charge in [0, 0.05) is 6.54 Å². The molecule has 1 heterocycles. The number of rotatable bonds is 5. The molecule has 2 aromatic carbocycles. The summed E-state index contributed by atoms with van der Waals surface area (Å²) in [6, 6.07) is 15.2. The number of carbonyl (C=O) groups is 1. The van der Waals surface area contributed by atoms with Gasteiger partial charge in [-0.05, 0) is 43.2 Å². The normalized spacial score (nSPS) is 18.8. The minimum absolute atomic E-state index is 0.162. The van der Waals surface area contributed by atoms with Crippen LogP contribution in [0.3, 0.4) is 0 Å². The van der Waals surface area contributed by atoms with Gasteiger partial charge in [0.05, 0.1) is 7.11 Å². The number of fused-ring (bicyclic) bond motifs is 1. The van der Waals surface area contributed by atoms with E-state index in [0.717, 1.165) is 17.7 Å². The molecule has 0 saturated heterocycles. The highest BCUT2D eigenvalue weighted by Crippen LogP contribution is 2.33. The first-order valence-corrected chi connectivity index (χ1v) is 8.00. The van der Waals surface area contributed by atoms with Crippen LogP contribution in [0.2, 0.25) is 0 Å². The zero-order valence-corrected chi connectivity index (χ0v) is 13.8. The highest BCUT2D eigenvalue weighted by atomic mass is 16.6. The van der Waals surface area contributed by atoms with Crippen LogP contribution in [-0.4, -0.2) is 31.8 Å². The Labute approximate surface area is 141 Å². The maximum absolute atomic E-state index is 12.4. The van der Waals surface area contributed by atoms with Gasteiger partial charge in [0.25, 0.3) is 5.91 Å². The molecule has 0 aliphatic carbocycles. The average molecular weight is 327 g/mol. The van der Waals surface area contributed by atoms with Crippen molar-refractivity contribution in [1.82, 2.24) is 5.32 Å². The first kappa shape index (κ1) is 16.2. The lowest BCUT2D eigenvalue weighted by Crippen LogP contribution is -2.49. The fourth-order valence-electron chi connectivity index (χ4n) is 2.63. The number of nitrogens with one attached hydrogen (secondary N) is 1. The van der Waals surface area contributed by atoms with Crippen molar-refractivity contribution >= 4 is 5.91 Å². The SMILES string of the molecule is COc1ccc(CCNC(=O)C2Oc3ccccc3OC2C)cc1. The average Bonchev–Trinajstić information content (AvgIpc) is 2.61. The molecule has 1 N–H and O–H groups in total. The number of methoxy groups -OCH3 is 1. The Balaban J connectivity index is 1.53.